The fourth-order valence-corrected chi connectivity index (χ4v) is 2.74. The predicted molar refractivity (Wildman–Crippen MR) is 105 cm³/mol. The number of anilines is 2. The van der Waals surface area contributed by atoms with E-state index >= 15 is 0 Å². The summed E-state index contributed by atoms with van der Waals surface area (Å²) in [6, 6.07) is 16.7. The van der Waals surface area contributed by atoms with Gasteiger partial charge in [-0.25, -0.2) is 4.39 Å². The van der Waals surface area contributed by atoms with E-state index in [0.717, 1.165) is 11.1 Å². The number of nitro benzene ring substituents is 1. The number of benzene rings is 3. The van der Waals surface area contributed by atoms with Crippen LogP contribution in [0.5, 0.6) is 0 Å². The lowest BCUT2D eigenvalue weighted by molar-refractivity contribution is -0.384. The van der Waals surface area contributed by atoms with E-state index in [-0.39, 0.29) is 11.5 Å². The second kappa shape index (κ2) is 8.28. The Bertz CT molecular complexity index is 1020. The van der Waals surface area contributed by atoms with Crippen molar-refractivity contribution < 1.29 is 14.1 Å². The molecule has 0 fully saturated rings. The highest BCUT2D eigenvalue weighted by atomic mass is 19.1. The van der Waals surface area contributed by atoms with Crippen LogP contribution in [-0.4, -0.2) is 10.8 Å². The first-order valence-electron chi connectivity index (χ1n) is 8.36. The molecule has 0 heterocycles. The molecule has 0 unspecified atom stereocenters. The Kier molecular flexibility index (Phi) is 5.61. The molecule has 28 heavy (non-hydrogen) atoms. The van der Waals surface area contributed by atoms with E-state index in [0.29, 0.717) is 23.4 Å². The van der Waals surface area contributed by atoms with Gasteiger partial charge in [-0.15, -0.1) is 0 Å². The average Bonchev–Trinajstić information content (AvgIpc) is 2.70. The van der Waals surface area contributed by atoms with Crippen molar-refractivity contribution in [2.75, 3.05) is 10.7 Å². The molecule has 3 aromatic rings. The molecule has 3 aromatic carbocycles. The zero-order valence-corrected chi connectivity index (χ0v) is 14.7. The van der Waals surface area contributed by atoms with Gasteiger partial charge in [-0.1, -0.05) is 18.2 Å². The smallest absolute Gasteiger partial charge is 0.271 e. The fraction of sp³-hybridized carbons (Fsp3) is 0.0500. The number of nitrogens with zero attached hydrogens (tertiary/aromatic N) is 1. The summed E-state index contributed by atoms with van der Waals surface area (Å²) in [6.07, 6.45) is 0.442. The van der Waals surface area contributed by atoms with Crippen molar-refractivity contribution in [3.8, 4) is 0 Å². The zero-order chi connectivity index (χ0) is 20.1. The Morgan fingerprint density at radius 3 is 2.50 bits per heavy atom. The lowest BCUT2D eigenvalue weighted by Gasteiger charge is -2.12. The Hall–Kier alpha value is -3.78. The topological polar surface area (TPSA) is 110 Å². The summed E-state index contributed by atoms with van der Waals surface area (Å²) in [5.74, 6) is 4.81. The number of nitrogens with two attached hydrogens (primary N) is 1. The molecule has 0 saturated carbocycles. The van der Waals surface area contributed by atoms with Crippen molar-refractivity contribution >= 4 is 23.0 Å². The number of halogens is 1. The summed E-state index contributed by atoms with van der Waals surface area (Å²) >= 11 is 0. The summed E-state index contributed by atoms with van der Waals surface area (Å²) < 4.78 is 13.1. The molecule has 142 valence electrons. The highest BCUT2D eigenvalue weighted by Gasteiger charge is 2.12. The third-order valence-corrected chi connectivity index (χ3v) is 4.15. The molecule has 0 saturated heterocycles. The summed E-state index contributed by atoms with van der Waals surface area (Å²) in [5, 5.41) is 13.5. The van der Waals surface area contributed by atoms with Crippen molar-refractivity contribution in [3.63, 3.8) is 0 Å². The maximum atomic E-state index is 13.1. The Morgan fingerprint density at radius 2 is 1.82 bits per heavy atom. The Labute approximate surface area is 160 Å². The standard InChI is InChI=1S/C20H17FN4O3/c21-16-7-4-13(5-8-16)10-15-11-14(6-9-19(15)24-22)20(26)23-17-2-1-3-18(12-17)25(27)28/h1-9,11-12,24H,10,22H2,(H,23,26). The summed E-state index contributed by atoms with van der Waals surface area (Å²) in [7, 11) is 0. The van der Waals surface area contributed by atoms with Crippen LogP contribution in [0.3, 0.4) is 0 Å². The Morgan fingerprint density at radius 1 is 1.07 bits per heavy atom. The number of hydrazine groups is 1. The second-order valence-corrected chi connectivity index (χ2v) is 6.08. The van der Waals surface area contributed by atoms with Crippen LogP contribution in [0, 0.1) is 15.9 Å². The zero-order valence-electron chi connectivity index (χ0n) is 14.7. The number of amides is 1. The van der Waals surface area contributed by atoms with Gasteiger partial charge >= 0.3 is 0 Å². The highest BCUT2D eigenvalue weighted by molar-refractivity contribution is 6.04. The fourth-order valence-electron chi connectivity index (χ4n) is 2.74. The maximum Gasteiger partial charge on any atom is 0.271 e. The van der Waals surface area contributed by atoms with Crippen molar-refractivity contribution in [2.24, 2.45) is 5.84 Å². The van der Waals surface area contributed by atoms with Gasteiger partial charge in [0.2, 0.25) is 0 Å². The quantitative estimate of drug-likeness (QED) is 0.342. The maximum absolute atomic E-state index is 13.1. The third-order valence-electron chi connectivity index (χ3n) is 4.15. The van der Waals surface area contributed by atoms with Gasteiger partial charge in [0.25, 0.3) is 11.6 Å². The molecule has 1 amide bonds. The monoisotopic (exact) mass is 380 g/mol. The number of rotatable bonds is 6. The van der Waals surface area contributed by atoms with Crippen LogP contribution in [0.25, 0.3) is 0 Å². The van der Waals surface area contributed by atoms with Crippen molar-refractivity contribution in [3.05, 3.63) is 99.4 Å². The molecule has 0 atom stereocenters. The van der Waals surface area contributed by atoms with E-state index in [1.54, 1.807) is 36.4 Å². The molecule has 8 heteroatoms. The van der Waals surface area contributed by atoms with Crippen molar-refractivity contribution in [2.45, 2.75) is 6.42 Å². The van der Waals surface area contributed by atoms with Gasteiger partial charge in [-0.2, -0.15) is 0 Å². The van der Waals surface area contributed by atoms with E-state index in [2.05, 4.69) is 10.7 Å². The van der Waals surface area contributed by atoms with Crippen LogP contribution in [0.4, 0.5) is 21.5 Å². The van der Waals surface area contributed by atoms with Crippen LogP contribution < -0.4 is 16.6 Å². The number of non-ortho nitro benzene ring substituents is 1. The number of nitrogen functional groups attached to an aromatic ring is 1. The van der Waals surface area contributed by atoms with Crippen LogP contribution in [0.15, 0.2) is 66.7 Å². The van der Waals surface area contributed by atoms with E-state index < -0.39 is 10.8 Å². The summed E-state index contributed by atoms with van der Waals surface area (Å²) in [5.41, 5.74) is 5.39. The van der Waals surface area contributed by atoms with E-state index in [1.807, 2.05) is 0 Å². The largest absolute Gasteiger partial charge is 0.324 e. The van der Waals surface area contributed by atoms with Gasteiger partial charge < -0.3 is 10.7 Å². The summed E-state index contributed by atoms with van der Waals surface area (Å²) in [6.45, 7) is 0. The van der Waals surface area contributed by atoms with Crippen LogP contribution >= 0.6 is 0 Å². The Balaban J connectivity index is 1.83. The molecule has 0 radical (unpaired) electrons. The number of nitro groups is 1. The number of hydrogen-bond donors (Lipinski definition) is 3. The minimum Gasteiger partial charge on any atom is -0.324 e. The van der Waals surface area contributed by atoms with Gasteiger partial charge in [0.05, 0.1) is 10.6 Å². The molecule has 4 N–H and O–H groups in total. The lowest BCUT2D eigenvalue weighted by Crippen LogP contribution is -2.14. The van der Waals surface area contributed by atoms with E-state index in [1.165, 1.54) is 30.3 Å². The van der Waals surface area contributed by atoms with Gasteiger partial charge in [0, 0.05) is 23.4 Å². The number of hydrogen-bond acceptors (Lipinski definition) is 5. The SMILES string of the molecule is NNc1ccc(C(=O)Nc2cccc([N+](=O)[O-])c2)cc1Cc1ccc(F)cc1. The minimum atomic E-state index is -0.530. The summed E-state index contributed by atoms with van der Waals surface area (Å²) in [4.78, 5) is 22.9. The first-order valence-corrected chi connectivity index (χ1v) is 8.36. The number of nitrogens with one attached hydrogen (secondary N) is 2. The first-order chi connectivity index (χ1) is 13.5. The van der Waals surface area contributed by atoms with Crippen molar-refractivity contribution in [1.82, 2.24) is 0 Å². The minimum absolute atomic E-state index is 0.113. The van der Waals surface area contributed by atoms with Crippen molar-refractivity contribution in [1.29, 1.82) is 0 Å². The molecule has 0 aromatic heterocycles. The molecular formula is C20H17FN4O3. The third kappa shape index (κ3) is 4.49. The van der Waals surface area contributed by atoms with Gasteiger partial charge in [-0.05, 0) is 53.9 Å². The molecule has 0 spiro atoms. The van der Waals surface area contributed by atoms with Gasteiger partial charge in [0.15, 0.2) is 0 Å². The van der Waals surface area contributed by atoms with Gasteiger partial charge in [0.1, 0.15) is 5.82 Å². The number of carbonyl (C=O) groups excluding carboxylic acids is 1. The number of carbonyl (C=O) groups is 1. The molecule has 3 rings (SSSR count). The van der Waals surface area contributed by atoms with E-state index in [9.17, 15) is 19.3 Å². The molecule has 0 bridgehead atoms. The molecule has 7 nitrogen and oxygen atoms in total. The molecule has 0 aliphatic heterocycles. The van der Waals surface area contributed by atoms with Crippen LogP contribution in [0.1, 0.15) is 21.5 Å². The second-order valence-electron chi connectivity index (χ2n) is 6.08. The average molecular weight is 380 g/mol. The van der Waals surface area contributed by atoms with E-state index in [4.69, 9.17) is 5.84 Å². The van der Waals surface area contributed by atoms with Crippen LogP contribution in [0.2, 0.25) is 0 Å². The molecular weight excluding hydrogens is 363 g/mol. The molecule has 0 aliphatic carbocycles. The van der Waals surface area contributed by atoms with Crippen LogP contribution in [-0.2, 0) is 6.42 Å². The highest BCUT2D eigenvalue weighted by Crippen LogP contribution is 2.22. The van der Waals surface area contributed by atoms with Gasteiger partial charge in [-0.3, -0.25) is 20.8 Å². The predicted octanol–water partition coefficient (Wildman–Crippen LogP) is 3.86. The normalized spacial score (nSPS) is 10.4. The first kappa shape index (κ1) is 19.0. The molecule has 0 aliphatic rings. The lowest BCUT2D eigenvalue weighted by atomic mass is 10.0.